The summed E-state index contributed by atoms with van der Waals surface area (Å²) in [6, 6.07) is 9.19. The number of hydrogen-bond acceptors (Lipinski definition) is 6. The summed E-state index contributed by atoms with van der Waals surface area (Å²) < 4.78 is 21.4. The first-order chi connectivity index (χ1) is 12.6. The molecular formula is C20H20O5S. The zero-order chi connectivity index (χ0) is 18.7. The Kier molecular flexibility index (Phi) is 5.23. The van der Waals surface area contributed by atoms with Crippen molar-refractivity contribution in [2.75, 3.05) is 28.4 Å². The minimum atomic E-state index is 0.104. The number of phenols is 1. The van der Waals surface area contributed by atoms with Crippen molar-refractivity contribution in [3.05, 3.63) is 41.1 Å². The van der Waals surface area contributed by atoms with Crippen molar-refractivity contribution in [2.24, 2.45) is 0 Å². The zero-order valence-electron chi connectivity index (χ0n) is 15.0. The van der Waals surface area contributed by atoms with E-state index >= 15 is 0 Å². The number of aromatic hydroxyl groups is 1. The van der Waals surface area contributed by atoms with Crippen LogP contribution >= 0.6 is 11.3 Å². The van der Waals surface area contributed by atoms with Gasteiger partial charge in [-0.2, -0.15) is 11.3 Å². The lowest BCUT2D eigenvalue weighted by Crippen LogP contribution is -1.95. The van der Waals surface area contributed by atoms with Gasteiger partial charge >= 0.3 is 0 Å². The molecule has 5 nitrogen and oxygen atoms in total. The molecule has 0 fully saturated rings. The van der Waals surface area contributed by atoms with Crippen LogP contribution in [0.1, 0.15) is 0 Å². The Labute approximate surface area is 156 Å². The number of benzene rings is 2. The lowest BCUT2D eigenvalue weighted by molar-refractivity contribution is 0.324. The molecule has 0 radical (unpaired) electrons. The molecular weight excluding hydrogens is 352 g/mol. The molecule has 0 aliphatic heterocycles. The van der Waals surface area contributed by atoms with Crippen molar-refractivity contribution >= 4 is 11.3 Å². The number of thiophene rings is 1. The first-order valence-electron chi connectivity index (χ1n) is 7.86. The summed E-state index contributed by atoms with van der Waals surface area (Å²) in [5.74, 6) is 2.29. The van der Waals surface area contributed by atoms with Gasteiger partial charge in [-0.15, -0.1) is 0 Å². The van der Waals surface area contributed by atoms with E-state index in [4.69, 9.17) is 18.9 Å². The van der Waals surface area contributed by atoms with Gasteiger partial charge < -0.3 is 24.1 Å². The highest BCUT2D eigenvalue weighted by Crippen LogP contribution is 2.45. The van der Waals surface area contributed by atoms with E-state index in [1.807, 2.05) is 23.6 Å². The maximum Gasteiger partial charge on any atom is 0.203 e. The first kappa shape index (κ1) is 17.9. The standard InChI is InChI=1S/C20H20O5S/c1-22-17-6-5-12(7-16(17)21)14-10-26-11-15(14)13-8-18(23-2)20(25-4)19(9-13)24-3/h5-11,21H,1-4H3. The molecule has 26 heavy (non-hydrogen) atoms. The maximum absolute atomic E-state index is 10.1. The van der Waals surface area contributed by atoms with Gasteiger partial charge in [0.1, 0.15) is 0 Å². The molecule has 3 rings (SSSR count). The molecule has 0 unspecified atom stereocenters. The fraction of sp³-hybridized carbons (Fsp3) is 0.200. The van der Waals surface area contributed by atoms with Crippen LogP contribution in [0, 0.1) is 0 Å². The third kappa shape index (κ3) is 3.15. The highest BCUT2D eigenvalue weighted by atomic mass is 32.1. The van der Waals surface area contributed by atoms with Gasteiger partial charge in [0.05, 0.1) is 28.4 Å². The third-order valence-corrected chi connectivity index (χ3v) is 4.87. The summed E-state index contributed by atoms with van der Waals surface area (Å²) in [5, 5.41) is 14.2. The van der Waals surface area contributed by atoms with Crippen LogP contribution in [0.2, 0.25) is 0 Å². The van der Waals surface area contributed by atoms with Crippen molar-refractivity contribution < 1.29 is 24.1 Å². The second-order valence-electron chi connectivity index (χ2n) is 5.50. The lowest BCUT2D eigenvalue weighted by Gasteiger charge is -2.15. The van der Waals surface area contributed by atoms with Gasteiger partial charge in [-0.3, -0.25) is 0 Å². The van der Waals surface area contributed by atoms with Crippen LogP contribution < -0.4 is 18.9 Å². The van der Waals surface area contributed by atoms with Crippen LogP contribution in [0.4, 0.5) is 0 Å². The normalized spacial score (nSPS) is 10.5. The van der Waals surface area contributed by atoms with Gasteiger partial charge in [-0.1, -0.05) is 6.07 Å². The van der Waals surface area contributed by atoms with E-state index < -0.39 is 0 Å². The van der Waals surface area contributed by atoms with Crippen LogP contribution in [-0.4, -0.2) is 33.5 Å². The molecule has 1 heterocycles. The van der Waals surface area contributed by atoms with Crippen molar-refractivity contribution in [2.45, 2.75) is 0 Å². The number of phenolic OH excluding ortho intramolecular Hbond substituents is 1. The van der Waals surface area contributed by atoms with Gasteiger partial charge in [0, 0.05) is 11.1 Å². The Morgan fingerprint density at radius 3 is 1.77 bits per heavy atom. The van der Waals surface area contributed by atoms with Crippen molar-refractivity contribution in [3.63, 3.8) is 0 Å². The van der Waals surface area contributed by atoms with Gasteiger partial charge in [0.15, 0.2) is 23.0 Å². The number of rotatable bonds is 6. The third-order valence-electron chi connectivity index (χ3n) is 4.13. The fourth-order valence-corrected chi connectivity index (χ4v) is 3.70. The van der Waals surface area contributed by atoms with Crippen LogP contribution in [0.25, 0.3) is 22.3 Å². The highest BCUT2D eigenvalue weighted by Gasteiger charge is 2.17. The molecule has 3 aromatic rings. The molecule has 136 valence electrons. The number of methoxy groups -OCH3 is 4. The van der Waals surface area contributed by atoms with Crippen LogP contribution in [0.15, 0.2) is 41.1 Å². The molecule has 0 saturated carbocycles. The lowest BCUT2D eigenvalue weighted by atomic mass is 9.98. The summed E-state index contributed by atoms with van der Waals surface area (Å²) in [6.45, 7) is 0. The summed E-state index contributed by atoms with van der Waals surface area (Å²) in [5.41, 5.74) is 3.85. The molecule has 0 aliphatic rings. The number of hydrogen-bond donors (Lipinski definition) is 1. The molecule has 0 bridgehead atoms. The largest absolute Gasteiger partial charge is 0.504 e. The smallest absolute Gasteiger partial charge is 0.203 e. The van der Waals surface area contributed by atoms with Crippen molar-refractivity contribution in [1.82, 2.24) is 0 Å². The van der Waals surface area contributed by atoms with Gasteiger partial charge in [0.25, 0.3) is 0 Å². The Hall–Kier alpha value is -2.86. The summed E-state index contributed by atoms with van der Waals surface area (Å²) in [7, 11) is 6.30. The predicted octanol–water partition coefficient (Wildman–Crippen LogP) is 4.82. The predicted molar refractivity (Wildman–Crippen MR) is 103 cm³/mol. The molecule has 0 amide bonds. The van der Waals surface area contributed by atoms with E-state index in [1.165, 1.54) is 7.11 Å². The summed E-state index contributed by atoms with van der Waals surface area (Å²) >= 11 is 1.58. The monoisotopic (exact) mass is 372 g/mol. The van der Waals surface area contributed by atoms with Crippen LogP contribution in [0.3, 0.4) is 0 Å². The van der Waals surface area contributed by atoms with Crippen molar-refractivity contribution in [1.29, 1.82) is 0 Å². The van der Waals surface area contributed by atoms with E-state index in [-0.39, 0.29) is 5.75 Å². The fourth-order valence-electron chi connectivity index (χ4n) is 2.84. The minimum Gasteiger partial charge on any atom is -0.504 e. The van der Waals surface area contributed by atoms with E-state index in [1.54, 1.807) is 44.8 Å². The maximum atomic E-state index is 10.1. The van der Waals surface area contributed by atoms with Gasteiger partial charge in [-0.25, -0.2) is 0 Å². The van der Waals surface area contributed by atoms with Crippen LogP contribution in [0.5, 0.6) is 28.7 Å². The second kappa shape index (κ2) is 7.58. The Morgan fingerprint density at radius 2 is 1.27 bits per heavy atom. The molecule has 0 atom stereocenters. The number of ether oxygens (including phenoxy) is 4. The van der Waals surface area contributed by atoms with E-state index in [2.05, 4.69) is 5.38 Å². The summed E-state index contributed by atoms with van der Waals surface area (Å²) in [4.78, 5) is 0. The SMILES string of the molecule is COc1ccc(-c2cscc2-c2cc(OC)c(OC)c(OC)c2)cc1O. The zero-order valence-corrected chi connectivity index (χ0v) is 15.8. The van der Waals surface area contributed by atoms with Gasteiger partial charge in [-0.05, 0) is 46.2 Å². The molecule has 1 aromatic heterocycles. The molecule has 1 N–H and O–H groups in total. The van der Waals surface area contributed by atoms with Gasteiger partial charge in [0.2, 0.25) is 5.75 Å². The summed E-state index contributed by atoms with van der Waals surface area (Å²) in [6.07, 6.45) is 0. The van der Waals surface area contributed by atoms with E-state index in [0.29, 0.717) is 23.0 Å². The second-order valence-corrected chi connectivity index (χ2v) is 6.24. The Morgan fingerprint density at radius 1 is 0.692 bits per heavy atom. The molecule has 0 spiro atoms. The average Bonchev–Trinajstić information content (AvgIpc) is 3.16. The highest BCUT2D eigenvalue weighted by molar-refractivity contribution is 7.08. The average molecular weight is 372 g/mol. The Balaban J connectivity index is 2.13. The molecule has 0 aliphatic carbocycles. The minimum absolute atomic E-state index is 0.104. The quantitative estimate of drug-likeness (QED) is 0.672. The first-order valence-corrected chi connectivity index (χ1v) is 8.81. The van der Waals surface area contributed by atoms with E-state index in [0.717, 1.165) is 22.3 Å². The van der Waals surface area contributed by atoms with E-state index in [9.17, 15) is 5.11 Å². The molecule has 2 aromatic carbocycles. The topological polar surface area (TPSA) is 57.2 Å². The Bertz CT molecular complexity index is 891. The molecule has 6 heteroatoms. The van der Waals surface area contributed by atoms with Crippen molar-refractivity contribution in [3.8, 4) is 51.0 Å². The van der Waals surface area contributed by atoms with Crippen LogP contribution in [-0.2, 0) is 0 Å². The molecule has 0 saturated heterocycles.